The smallest absolute Gasteiger partial charge is 0.119 e. The summed E-state index contributed by atoms with van der Waals surface area (Å²) in [7, 11) is 0. The zero-order valence-corrected chi connectivity index (χ0v) is 12.4. The van der Waals surface area contributed by atoms with E-state index in [1.54, 1.807) is 0 Å². The minimum absolute atomic E-state index is 0.491. The summed E-state index contributed by atoms with van der Waals surface area (Å²) in [4.78, 5) is 2.45. The van der Waals surface area contributed by atoms with Crippen LogP contribution in [-0.4, -0.2) is 50.9 Å². The number of rotatable bonds is 7. The van der Waals surface area contributed by atoms with Gasteiger partial charge in [-0.3, -0.25) is 4.90 Å². The lowest BCUT2D eigenvalue weighted by Crippen LogP contribution is -2.41. The molecule has 1 aliphatic heterocycles. The predicted octanol–water partition coefficient (Wildman–Crippen LogP) is 1.53. The number of nitrogens with zero attached hydrogens (tertiary/aromatic N) is 1. The molecule has 1 aromatic rings. The SMILES string of the molecule is CCOc1cccc(CC(CN)CN2CCOCC2)c1. The second-order valence-corrected chi connectivity index (χ2v) is 5.30. The van der Waals surface area contributed by atoms with E-state index in [2.05, 4.69) is 23.1 Å². The second kappa shape index (κ2) is 8.25. The number of morpholine rings is 1. The second-order valence-electron chi connectivity index (χ2n) is 5.30. The molecular formula is C16H26N2O2. The lowest BCUT2D eigenvalue weighted by Gasteiger charge is -2.30. The molecule has 112 valence electrons. The highest BCUT2D eigenvalue weighted by molar-refractivity contribution is 5.28. The Labute approximate surface area is 121 Å². The van der Waals surface area contributed by atoms with Crippen LogP contribution >= 0.6 is 0 Å². The van der Waals surface area contributed by atoms with E-state index in [0.29, 0.717) is 12.5 Å². The van der Waals surface area contributed by atoms with Gasteiger partial charge in [0.25, 0.3) is 0 Å². The molecular weight excluding hydrogens is 252 g/mol. The van der Waals surface area contributed by atoms with Crippen molar-refractivity contribution in [3.8, 4) is 5.75 Å². The summed E-state index contributed by atoms with van der Waals surface area (Å²) in [6.45, 7) is 8.22. The normalized spacial score (nSPS) is 17.9. The van der Waals surface area contributed by atoms with Gasteiger partial charge in [0, 0.05) is 19.6 Å². The summed E-state index contributed by atoms with van der Waals surface area (Å²) in [6.07, 6.45) is 1.01. The largest absolute Gasteiger partial charge is 0.494 e. The molecule has 1 unspecified atom stereocenters. The third-order valence-corrected chi connectivity index (χ3v) is 3.69. The maximum atomic E-state index is 5.95. The van der Waals surface area contributed by atoms with E-state index < -0.39 is 0 Å². The van der Waals surface area contributed by atoms with Gasteiger partial charge in [-0.05, 0) is 43.5 Å². The van der Waals surface area contributed by atoms with Crippen LogP contribution in [0, 0.1) is 5.92 Å². The molecule has 2 rings (SSSR count). The van der Waals surface area contributed by atoms with Gasteiger partial charge in [0.1, 0.15) is 5.75 Å². The van der Waals surface area contributed by atoms with Crippen LogP contribution in [0.2, 0.25) is 0 Å². The first-order chi connectivity index (χ1) is 9.81. The van der Waals surface area contributed by atoms with Crippen molar-refractivity contribution < 1.29 is 9.47 Å². The summed E-state index contributed by atoms with van der Waals surface area (Å²) in [5.74, 6) is 1.44. The summed E-state index contributed by atoms with van der Waals surface area (Å²) < 4.78 is 10.9. The Morgan fingerprint density at radius 3 is 2.85 bits per heavy atom. The van der Waals surface area contributed by atoms with Gasteiger partial charge in [-0.15, -0.1) is 0 Å². The summed E-state index contributed by atoms with van der Waals surface area (Å²) in [6, 6.07) is 8.35. The van der Waals surface area contributed by atoms with Crippen molar-refractivity contribution in [3.63, 3.8) is 0 Å². The Balaban J connectivity index is 1.89. The van der Waals surface area contributed by atoms with Gasteiger partial charge in [-0.2, -0.15) is 0 Å². The average Bonchev–Trinajstić information content (AvgIpc) is 2.48. The Kier molecular flexibility index (Phi) is 6.30. The quantitative estimate of drug-likeness (QED) is 0.822. The number of hydrogen-bond acceptors (Lipinski definition) is 4. The number of hydrogen-bond donors (Lipinski definition) is 1. The topological polar surface area (TPSA) is 47.7 Å². The van der Waals surface area contributed by atoms with Gasteiger partial charge in [-0.25, -0.2) is 0 Å². The van der Waals surface area contributed by atoms with Crippen LogP contribution in [0.4, 0.5) is 0 Å². The first-order valence-electron chi connectivity index (χ1n) is 7.53. The van der Waals surface area contributed by atoms with Crippen molar-refractivity contribution in [2.24, 2.45) is 11.7 Å². The van der Waals surface area contributed by atoms with E-state index in [9.17, 15) is 0 Å². The zero-order valence-electron chi connectivity index (χ0n) is 12.4. The maximum Gasteiger partial charge on any atom is 0.119 e. The van der Waals surface area contributed by atoms with E-state index in [0.717, 1.165) is 51.6 Å². The molecule has 0 radical (unpaired) electrons. The van der Waals surface area contributed by atoms with Crippen LogP contribution in [0.5, 0.6) is 5.75 Å². The lowest BCUT2D eigenvalue weighted by atomic mass is 9.98. The van der Waals surface area contributed by atoms with Crippen LogP contribution in [0.25, 0.3) is 0 Å². The molecule has 1 aromatic carbocycles. The summed E-state index contributed by atoms with van der Waals surface area (Å²) >= 11 is 0. The van der Waals surface area contributed by atoms with E-state index in [1.165, 1.54) is 5.56 Å². The maximum absolute atomic E-state index is 5.95. The molecule has 0 aromatic heterocycles. The molecule has 0 saturated carbocycles. The van der Waals surface area contributed by atoms with E-state index in [4.69, 9.17) is 15.2 Å². The van der Waals surface area contributed by atoms with Crippen LogP contribution in [-0.2, 0) is 11.2 Å². The fourth-order valence-corrected chi connectivity index (χ4v) is 2.63. The highest BCUT2D eigenvalue weighted by Crippen LogP contribution is 2.17. The molecule has 1 fully saturated rings. The molecule has 2 N–H and O–H groups in total. The minimum atomic E-state index is 0.491. The molecule has 4 heteroatoms. The summed E-state index contributed by atoms with van der Waals surface area (Å²) in [5, 5.41) is 0. The van der Waals surface area contributed by atoms with Crippen LogP contribution in [0.15, 0.2) is 24.3 Å². The lowest BCUT2D eigenvalue weighted by molar-refractivity contribution is 0.0312. The molecule has 4 nitrogen and oxygen atoms in total. The van der Waals surface area contributed by atoms with Gasteiger partial charge < -0.3 is 15.2 Å². The number of benzene rings is 1. The van der Waals surface area contributed by atoms with Gasteiger partial charge >= 0.3 is 0 Å². The first kappa shape index (κ1) is 15.3. The standard InChI is InChI=1S/C16H26N2O2/c1-2-20-16-5-3-4-14(11-16)10-15(12-17)13-18-6-8-19-9-7-18/h3-5,11,15H,2,6-10,12-13,17H2,1H3. The molecule has 0 amide bonds. The van der Waals surface area contributed by atoms with Crippen molar-refractivity contribution in [1.29, 1.82) is 0 Å². The fraction of sp³-hybridized carbons (Fsp3) is 0.625. The Morgan fingerprint density at radius 1 is 1.35 bits per heavy atom. The minimum Gasteiger partial charge on any atom is -0.494 e. The molecule has 1 saturated heterocycles. The molecule has 1 heterocycles. The molecule has 20 heavy (non-hydrogen) atoms. The fourth-order valence-electron chi connectivity index (χ4n) is 2.63. The molecule has 1 atom stereocenters. The molecule has 0 spiro atoms. The van der Waals surface area contributed by atoms with Crippen molar-refractivity contribution in [1.82, 2.24) is 4.90 Å². The Hall–Kier alpha value is -1.10. The highest BCUT2D eigenvalue weighted by Gasteiger charge is 2.16. The van der Waals surface area contributed by atoms with Crippen LogP contribution < -0.4 is 10.5 Å². The zero-order chi connectivity index (χ0) is 14.2. The number of ether oxygens (including phenoxy) is 2. The number of nitrogens with two attached hydrogens (primary N) is 1. The third-order valence-electron chi connectivity index (χ3n) is 3.69. The van der Waals surface area contributed by atoms with Gasteiger partial charge in [0.15, 0.2) is 0 Å². The third kappa shape index (κ3) is 4.78. The van der Waals surface area contributed by atoms with Crippen molar-refractivity contribution in [2.75, 3.05) is 46.0 Å². The van der Waals surface area contributed by atoms with Gasteiger partial charge in [-0.1, -0.05) is 12.1 Å². The van der Waals surface area contributed by atoms with Crippen LogP contribution in [0.1, 0.15) is 12.5 Å². The van der Waals surface area contributed by atoms with Crippen molar-refractivity contribution in [3.05, 3.63) is 29.8 Å². The van der Waals surface area contributed by atoms with Gasteiger partial charge in [0.2, 0.25) is 0 Å². The monoisotopic (exact) mass is 278 g/mol. The van der Waals surface area contributed by atoms with E-state index in [1.807, 2.05) is 13.0 Å². The molecule has 0 aliphatic carbocycles. The summed E-state index contributed by atoms with van der Waals surface area (Å²) in [5.41, 5.74) is 7.25. The first-order valence-corrected chi connectivity index (χ1v) is 7.53. The highest BCUT2D eigenvalue weighted by atomic mass is 16.5. The van der Waals surface area contributed by atoms with Crippen molar-refractivity contribution in [2.45, 2.75) is 13.3 Å². The van der Waals surface area contributed by atoms with Crippen LogP contribution in [0.3, 0.4) is 0 Å². The van der Waals surface area contributed by atoms with E-state index in [-0.39, 0.29) is 0 Å². The Bertz CT molecular complexity index is 392. The van der Waals surface area contributed by atoms with E-state index >= 15 is 0 Å². The van der Waals surface area contributed by atoms with Gasteiger partial charge in [0.05, 0.1) is 19.8 Å². The molecule has 1 aliphatic rings. The predicted molar refractivity (Wildman–Crippen MR) is 81.1 cm³/mol. The average molecular weight is 278 g/mol. The molecule has 0 bridgehead atoms. The Morgan fingerprint density at radius 2 is 2.15 bits per heavy atom. The van der Waals surface area contributed by atoms with Crippen molar-refractivity contribution >= 4 is 0 Å².